The van der Waals surface area contributed by atoms with E-state index in [1.165, 1.54) is 25.3 Å². The van der Waals surface area contributed by atoms with Crippen LogP contribution in [0, 0.1) is 0 Å². The molecule has 0 bridgehead atoms. The summed E-state index contributed by atoms with van der Waals surface area (Å²) in [6.45, 7) is 4.84. The highest BCUT2D eigenvalue weighted by Crippen LogP contribution is 2.28. The minimum Gasteiger partial charge on any atom is -0.493 e. The van der Waals surface area contributed by atoms with Gasteiger partial charge >= 0.3 is 5.97 Å². The standard InChI is InChI=1S/C22H25BrN2O6/c1-22(2,3)25-20(27)13-31-21(28)14-5-10-17(18(11-14)29-4)30-12-19(26)24-16-8-6-15(23)7-9-16/h5-11H,12-13H2,1-4H3,(H,24,26)(H,25,27). The van der Waals surface area contributed by atoms with E-state index in [1.807, 2.05) is 32.9 Å². The maximum absolute atomic E-state index is 12.2. The molecule has 9 heteroatoms. The van der Waals surface area contributed by atoms with E-state index in [4.69, 9.17) is 14.2 Å². The average Bonchev–Trinajstić information content (AvgIpc) is 2.70. The lowest BCUT2D eigenvalue weighted by molar-refractivity contribution is -0.125. The van der Waals surface area contributed by atoms with Gasteiger partial charge in [0.1, 0.15) is 0 Å². The molecule has 0 atom stereocenters. The summed E-state index contributed by atoms with van der Waals surface area (Å²) in [5.41, 5.74) is 0.402. The number of nitrogens with one attached hydrogen (secondary N) is 2. The van der Waals surface area contributed by atoms with Crippen molar-refractivity contribution in [3.8, 4) is 11.5 Å². The molecule has 2 rings (SSSR count). The van der Waals surface area contributed by atoms with Crippen molar-refractivity contribution in [3.05, 3.63) is 52.5 Å². The Morgan fingerprint density at radius 1 is 0.935 bits per heavy atom. The van der Waals surface area contributed by atoms with E-state index in [9.17, 15) is 14.4 Å². The number of anilines is 1. The molecule has 2 aromatic rings. The maximum Gasteiger partial charge on any atom is 0.338 e. The predicted octanol–water partition coefficient (Wildman–Crippen LogP) is 3.55. The SMILES string of the molecule is COc1cc(C(=O)OCC(=O)NC(C)(C)C)ccc1OCC(=O)Nc1ccc(Br)cc1. The van der Waals surface area contributed by atoms with Crippen LogP contribution in [0.3, 0.4) is 0 Å². The molecule has 0 aliphatic heterocycles. The van der Waals surface area contributed by atoms with Gasteiger partial charge in [0.15, 0.2) is 24.7 Å². The summed E-state index contributed by atoms with van der Waals surface area (Å²) in [4.78, 5) is 36.1. The maximum atomic E-state index is 12.2. The molecule has 0 spiro atoms. The van der Waals surface area contributed by atoms with Gasteiger partial charge in [0.2, 0.25) is 0 Å². The number of hydrogen-bond donors (Lipinski definition) is 2. The molecule has 0 heterocycles. The van der Waals surface area contributed by atoms with E-state index >= 15 is 0 Å². The number of carbonyl (C=O) groups excluding carboxylic acids is 3. The molecule has 0 aliphatic rings. The van der Waals surface area contributed by atoms with Crippen molar-refractivity contribution < 1.29 is 28.6 Å². The first kappa shape index (κ1) is 24.2. The molecule has 2 amide bonds. The Hall–Kier alpha value is -3.07. The molecule has 0 radical (unpaired) electrons. The fourth-order valence-corrected chi connectivity index (χ4v) is 2.72. The van der Waals surface area contributed by atoms with Crippen LogP contribution in [-0.2, 0) is 14.3 Å². The zero-order chi connectivity index (χ0) is 23.0. The molecule has 2 N–H and O–H groups in total. The minimum absolute atomic E-state index is 0.187. The van der Waals surface area contributed by atoms with Crippen LogP contribution in [-0.4, -0.2) is 43.6 Å². The molecule has 8 nitrogen and oxygen atoms in total. The highest BCUT2D eigenvalue weighted by Gasteiger charge is 2.17. The summed E-state index contributed by atoms with van der Waals surface area (Å²) in [7, 11) is 1.41. The molecular weight excluding hydrogens is 468 g/mol. The second-order valence-electron chi connectivity index (χ2n) is 7.58. The van der Waals surface area contributed by atoms with Gasteiger partial charge in [-0.1, -0.05) is 15.9 Å². The Labute approximate surface area is 189 Å². The lowest BCUT2D eigenvalue weighted by atomic mass is 10.1. The van der Waals surface area contributed by atoms with E-state index in [-0.39, 0.29) is 29.6 Å². The van der Waals surface area contributed by atoms with E-state index in [2.05, 4.69) is 26.6 Å². The number of halogens is 1. The van der Waals surface area contributed by atoms with Crippen molar-refractivity contribution in [1.29, 1.82) is 0 Å². The summed E-state index contributed by atoms with van der Waals surface area (Å²) >= 11 is 3.33. The Balaban J connectivity index is 1.93. The van der Waals surface area contributed by atoms with Crippen molar-refractivity contribution in [1.82, 2.24) is 5.32 Å². The normalized spacial score (nSPS) is 10.7. The van der Waals surface area contributed by atoms with Gasteiger partial charge in [0, 0.05) is 15.7 Å². The first-order valence-electron chi connectivity index (χ1n) is 9.42. The summed E-state index contributed by atoms with van der Waals surface area (Å²) in [5, 5.41) is 5.42. The van der Waals surface area contributed by atoms with Gasteiger partial charge in [0.25, 0.3) is 11.8 Å². The van der Waals surface area contributed by atoms with E-state index in [0.717, 1.165) is 4.47 Å². The van der Waals surface area contributed by atoms with Gasteiger partial charge in [0.05, 0.1) is 12.7 Å². The van der Waals surface area contributed by atoms with Crippen LogP contribution in [0.4, 0.5) is 5.69 Å². The molecule has 0 aromatic heterocycles. The van der Waals surface area contributed by atoms with Crippen molar-refractivity contribution in [3.63, 3.8) is 0 Å². The van der Waals surface area contributed by atoms with Crippen LogP contribution in [0.2, 0.25) is 0 Å². The first-order chi connectivity index (χ1) is 14.6. The summed E-state index contributed by atoms with van der Waals surface area (Å²) in [5.74, 6) is -0.885. The van der Waals surface area contributed by atoms with Crippen LogP contribution in [0.5, 0.6) is 11.5 Å². The predicted molar refractivity (Wildman–Crippen MR) is 119 cm³/mol. The Kier molecular flexibility index (Phi) is 8.44. The van der Waals surface area contributed by atoms with Gasteiger partial charge in [-0.3, -0.25) is 9.59 Å². The molecule has 0 saturated heterocycles. The van der Waals surface area contributed by atoms with Gasteiger partial charge in [-0.05, 0) is 63.2 Å². The number of esters is 1. The summed E-state index contributed by atoms with van der Waals surface area (Å²) < 4.78 is 16.7. The fourth-order valence-electron chi connectivity index (χ4n) is 2.46. The third-order valence-electron chi connectivity index (χ3n) is 3.73. The van der Waals surface area contributed by atoms with Gasteiger partial charge < -0.3 is 24.8 Å². The lowest BCUT2D eigenvalue weighted by Crippen LogP contribution is -2.42. The number of rotatable bonds is 8. The first-order valence-corrected chi connectivity index (χ1v) is 10.2. The number of hydrogen-bond acceptors (Lipinski definition) is 6. The second kappa shape index (κ2) is 10.8. The molecule has 0 unspecified atom stereocenters. The summed E-state index contributed by atoms with van der Waals surface area (Å²) in [6, 6.07) is 11.5. The van der Waals surface area contributed by atoms with Crippen molar-refractivity contribution >= 4 is 39.4 Å². The summed E-state index contributed by atoms with van der Waals surface area (Å²) in [6.07, 6.45) is 0. The van der Waals surface area contributed by atoms with Crippen molar-refractivity contribution in [2.24, 2.45) is 0 Å². The highest BCUT2D eigenvalue weighted by atomic mass is 79.9. The van der Waals surface area contributed by atoms with E-state index in [1.54, 1.807) is 12.1 Å². The topological polar surface area (TPSA) is 103 Å². The van der Waals surface area contributed by atoms with Crippen LogP contribution in [0.25, 0.3) is 0 Å². The Morgan fingerprint density at radius 2 is 1.61 bits per heavy atom. The fraction of sp³-hybridized carbons (Fsp3) is 0.318. The molecule has 31 heavy (non-hydrogen) atoms. The van der Waals surface area contributed by atoms with E-state index < -0.39 is 24.0 Å². The monoisotopic (exact) mass is 492 g/mol. The minimum atomic E-state index is -0.679. The molecule has 2 aromatic carbocycles. The molecule has 0 fully saturated rings. The van der Waals surface area contributed by atoms with Crippen LogP contribution >= 0.6 is 15.9 Å². The molecule has 0 saturated carbocycles. The number of benzene rings is 2. The third-order valence-corrected chi connectivity index (χ3v) is 4.26. The highest BCUT2D eigenvalue weighted by molar-refractivity contribution is 9.10. The number of ether oxygens (including phenoxy) is 3. The number of amides is 2. The van der Waals surface area contributed by atoms with Gasteiger partial charge in [-0.2, -0.15) is 0 Å². The Bertz CT molecular complexity index is 938. The van der Waals surface area contributed by atoms with Crippen LogP contribution in [0.1, 0.15) is 31.1 Å². The zero-order valence-electron chi connectivity index (χ0n) is 17.8. The van der Waals surface area contributed by atoms with Crippen molar-refractivity contribution in [2.45, 2.75) is 26.3 Å². The molecule has 166 valence electrons. The van der Waals surface area contributed by atoms with Crippen LogP contribution in [0.15, 0.2) is 46.9 Å². The largest absolute Gasteiger partial charge is 0.493 e. The lowest BCUT2D eigenvalue weighted by Gasteiger charge is -2.20. The number of methoxy groups -OCH3 is 1. The van der Waals surface area contributed by atoms with E-state index in [0.29, 0.717) is 5.69 Å². The quantitative estimate of drug-likeness (QED) is 0.546. The van der Waals surface area contributed by atoms with Gasteiger partial charge in [-0.15, -0.1) is 0 Å². The smallest absolute Gasteiger partial charge is 0.338 e. The number of carbonyl (C=O) groups is 3. The third kappa shape index (κ3) is 8.29. The van der Waals surface area contributed by atoms with Crippen molar-refractivity contribution in [2.75, 3.05) is 25.6 Å². The second-order valence-corrected chi connectivity index (χ2v) is 8.50. The molecular formula is C22H25BrN2O6. The zero-order valence-corrected chi connectivity index (χ0v) is 19.4. The van der Waals surface area contributed by atoms with Gasteiger partial charge in [-0.25, -0.2) is 4.79 Å². The average molecular weight is 493 g/mol. The Morgan fingerprint density at radius 3 is 2.23 bits per heavy atom. The van der Waals surface area contributed by atoms with Crippen LogP contribution < -0.4 is 20.1 Å². The molecule has 0 aliphatic carbocycles.